The maximum Gasteiger partial charge on any atom is 0.123 e. The first-order valence-electron chi connectivity index (χ1n) is 6.82. The molecule has 1 fully saturated rings. The van der Waals surface area contributed by atoms with E-state index in [-0.39, 0.29) is 0 Å². The quantitative estimate of drug-likeness (QED) is 0.822. The van der Waals surface area contributed by atoms with E-state index in [2.05, 4.69) is 17.4 Å². The van der Waals surface area contributed by atoms with Crippen LogP contribution in [0.3, 0.4) is 0 Å². The monoisotopic (exact) mass is 241 g/mol. The van der Waals surface area contributed by atoms with Gasteiger partial charge in [0.2, 0.25) is 0 Å². The molecule has 1 saturated carbocycles. The third kappa shape index (κ3) is 2.15. The lowest BCUT2D eigenvalue weighted by Crippen LogP contribution is -2.22. The SMILES string of the molecule is Oc1cccc2c(NC3CCCCC3)cccc12. The molecule has 2 aromatic carbocycles. The number of nitrogens with one attached hydrogen (secondary N) is 1. The number of rotatable bonds is 2. The van der Waals surface area contributed by atoms with E-state index in [1.165, 1.54) is 32.1 Å². The molecule has 0 unspecified atom stereocenters. The van der Waals surface area contributed by atoms with Gasteiger partial charge in [0, 0.05) is 22.5 Å². The molecule has 1 aliphatic rings. The summed E-state index contributed by atoms with van der Waals surface area (Å²) in [6.45, 7) is 0. The van der Waals surface area contributed by atoms with Crippen molar-refractivity contribution in [2.75, 3.05) is 5.32 Å². The zero-order valence-corrected chi connectivity index (χ0v) is 10.5. The molecule has 1 aliphatic carbocycles. The van der Waals surface area contributed by atoms with Crippen LogP contribution in [0.4, 0.5) is 5.69 Å². The molecule has 0 bridgehead atoms. The van der Waals surface area contributed by atoms with Gasteiger partial charge in [-0.2, -0.15) is 0 Å². The van der Waals surface area contributed by atoms with Gasteiger partial charge in [-0.3, -0.25) is 0 Å². The average Bonchev–Trinajstić information content (AvgIpc) is 2.41. The molecule has 2 aromatic rings. The topological polar surface area (TPSA) is 32.3 Å². The van der Waals surface area contributed by atoms with Crippen LogP contribution < -0.4 is 5.32 Å². The lowest BCUT2D eigenvalue weighted by atomic mass is 9.95. The molecule has 0 heterocycles. The van der Waals surface area contributed by atoms with Gasteiger partial charge in [-0.05, 0) is 25.0 Å². The summed E-state index contributed by atoms with van der Waals surface area (Å²) in [6, 6.07) is 12.4. The number of hydrogen-bond acceptors (Lipinski definition) is 2. The van der Waals surface area contributed by atoms with Gasteiger partial charge in [0.15, 0.2) is 0 Å². The number of fused-ring (bicyclic) bond motifs is 1. The average molecular weight is 241 g/mol. The molecule has 2 nitrogen and oxygen atoms in total. The number of aromatic hydroxyl groups is 1. The highest BCUT2D eigenvalue weighted by Gasteiger charge is 2.14. The fourth-order valence-corrected chi connectivity index (χ4v) is 2.89. The van der Waals surface area contributed by atoms with E-state index >= 15 is 0 Å². The van der Waals surface area contributed by atoms with E-state index in [1.807, 2.05) is 18.2 Å². The molecular weight excluding hydrogens is 222 g/mol. The van der Waals surface area contributed by atoms with Crippen LogP contribution in [0.5, 0.6) is 5.75 Å². The molecule has 0 spiro atoms. The highest BCUT2D eigenvalue weighted by atomic mass is 16.3. The van der Waals surface area contributed by atoms with Gasteiger partial charge in [0.1, 0.15) is 5.75 Å². The van der Waals surface area contributed by atoms with Crippen molar-refractivity contribution >= 4 is 16.5 Å². The maximum atomic E-state index is 9.87. The maximum absolute atomic E-state index is 9.87. The Morgan fingerprint density at radius 3 is 2.44 bits per heavy atom. The second-order valence-corrected chi connectivity index (χ2v) is 5.16. The zero-order chi connectivity index (χ0) is 12.4. The van der Waals surface area contributed by atoms with E-state index in [1.54, 1.807) is 6.07 Å². The van der Waals surface area contributed by atoms with Crippen LogP contribution in [0.1, 0.15) is 32.1 Å². The van der Waals surface area contributed by atoms with Gasteiger partial charge in [-0.1, -0.05) is 43.5 Å². The molecule has 94 valence electrons. The van der Waals surface area contributed by atoms with E-state index in [4.69, 9.17) is 0 Å². The number of anilines is 1. The number of hydrogen-bond donors (Lipinski definition) is 2. The van der Waals surface area contributed by atoms with Gasteiger partial charge in [0.05, 0.1) is 0 Å². The summed E-state index contributed by atoms with van der Waals surface area (Å²) in [5, 5.41) is 15.6. The summed E-state index contributed by atoms with van der Waals surface area (Å²) in [6.07, 6.45) is 6.54. The summed E-state index contributed by atoms with van der Waals surface area (Å²) in [7, 11) is 0. The zero-order valence-electron chi connectivity index (χ0n) is 10.5. The fourth-order valence-electron chi connectivity index (χ4n) is 2.89. The third-order valence-electron chi connectivity index (χ3n) is 3.86. The van der Waals surface area contributed by atoms with Crippen molar-refractivity contribution in [3.05, 3.63) is 36.4 Å². The van der Waals surface area contributed by atoms with Crippen LogP contribution in [-0.4, -0.2) is 11.1 Å². The Balaban J connectivity index is 1.93. The summed E-state index contributed by atoms with van der Waals surface area (Å²) < 4.78 is 0. The lowest BCUT2D eigenvalue weighted by molar-refractivity contribution is 0.463. The number of benzene rings is 2. The molecule has 0 radical (unpaired) electrons. The van der Waals surface area contributed by atoms with Gasteiger partial charge in [0.25, 0.3) is 0 Å². The van der Waals surface area contributed by atoms with E-state index in [0.29, 0.717) is 11.8 Å². The predicted molar refractivity (Wildman–Crippen MR) is 76.1 cm³/mol. The van der Waals surface area contributed by atoms with Gasteiger partial charge < -0.3 is 10.4 Å². The van der Waals surface area contributed by atoms with Crippen LogP contribution in [0.25, 0.3) is 10.8 Å². The Labute approximate surface area is 108 Å². The molecule has 0 saturated heterocycles. The molecular formula is C16H19NO. The summed E-state index contributed by atoms with van der Waals surface area (Å²) in [4.78, 5) is 0. The van der Waals surface area contributed by atoms with Crippen LogP contribution in [0.15, 0.2) is 36.4 Å². The Kier molecular flexibility index (Phi) is 3.09. The molecule has 2 heteroatoms. The largest absolute Gasteiger partial charge is 0.507 e. The smallest absolute Gasteiger partial charge is 0.123 e. The Bertz CT molecular complexity index is 544. The van der Waals surface area contributed by atoms with Crippen LogP contribution >= 0.6 is 0 Å². The highest BCUT2D eigenvalue weighted by Crippen LogP contribution is 2.31. The lowest BCUT2D eigenvalue weighted by Gasteiger charge is -2.24. The Morgan fingerprint density at radius 2 is 1.61 bits per heavy atom. The minimum Gasteiger partial charge on any atom is -0.507 e. The van der Waals surface area contributed by atoms with E-state index < -0.39 is 0 Å². The number of phenolic OH excluding ortho intramolecular Hbond substituents is 1. The highest BCUT2D eigenvalue weighted by molar-refractivity contribution is 5.97. The minimum absolute atomic E-state index is 0.361. The standard InChI is InChI=1S/C16H19NO/c18-16-11-5-8-13-14(16)9-4-10-15(13)17-12-6-2-1-3-7-12/h4-5,8-12,17-18H,1-3,6-7H2. The van der Waals surface area contributed by atoms with Crippen LogP contribution in [-0.2, 0) is 0 Å². The normalized spacial score (nSPS) is 16.9. The van der Waals surface area contributed by atoms with Crippen molar-refractivity contribution in [3.63, 3.8) is 0 Å². The second kappa shape index (κ2) is 4.89. The summed E-state index contributed by atoms with van der Waals surface area (Å²) >= 11 is 0. The van der Waals surface area contributed by atoms with Gasteiger partial charge in [-0.25, -0.2) is 0 Å². The van der Waals surface area contributed by atoms with Crippen molar-refractivity contribution in [1.29, 1.82) is 0 Å². The van der Waals surface area contributed by atoms with E-state index in [0.717, 1.165) is 16.5 Å². The minimum atomic E-state index is 0.361. The van der Waals surface area contributed by atoms with Crippen LogP contribution in [0, 0.1) is 0 Å². The molecule has 3 rings (SSSR count). The Morgan fingerprint density at radius 1 is 0.889 bits per heavy atom. The molecule has 0 amide bonds. The van der Waals surface area contributed by atoms with Gasteiger partial charge in [-0.15, -0.1) is 0 Å². The number of phenols is 1. The first kappa shape index (κ1) is 11.4. The van der Waals surface area contributed by atoms with Crippen molar-refractivity contribution < 1.29 is 5.11 Å². The van der Waals surface area contributed by atoms with Crippen LogP contribution in [0.2, 0.25) is 0 Å². The van der Waals surface area contributed by atoms with E-state index in [9.17, 15) is 5.11 Å². The summed E-state index contributed by atoms with van der Waals surface area (Å²) in [5.41, 5.74) is 1.15. The molecule has 0 aromatic heterocycles. The first-order valence-corrected chi connectivity index (χ1v) is 6.82. The fraction of sp³-hybridized carbons (Fsp3) is 0.375. The molecule has 18 heavy (non-hydrogen) atoms. The van der Waals surface area contributed by atoms with Gasteiger partial charge >= 0.3 is 0 Å². The molecule has 0 atom stereocenters. The molecule has 2 N–H and O–H groups in total. The van der Waals surface area contributed by atoms with Crippen molar-refractivity contribution in [2.45, 2.75) is 38.1 Å². The first-order chi connectivity index (χ1) is 8.84. The van der Waals surface area contributed by atoms with Crippen molar-refractivity contribution in [2.24, 2.45) is 0 Å². The predicted octanol–water partition coefficient (Wildman–Crippen LogP) is 4.29. The van der Waals surface area contributed by atoms with Crippen molar-refractivity contribution in [3.8, 4) is 5.75 Å². The summed E-state index contributed by atoms with van der Waals surface area (Å²) in [5.74, 6) is 0.361. The Hall–Kier alpha value is -1.70. The molecule has 0 aliphatic heterocycles. The third-order valence-corrected chi connectivity index (χ3v) is 3.86. The second-order valence-electron chi connectivity index (χ2n) is 5.16. The van der Waals surface area contributed by atoms with Crippen molar-refractivity contribution in [1.82, 2.24) is 0 Å².